The summed E-state index contributed by atoms with van der Waals surface area (Å²) in [6, 6.07) is 8.01. The molecule has 0 fully saturated rings. The lowest BCUT2D eigenvalue weighted by molar-refractivity contribution is 0.341. The lowest BCUT2D eigenvalue weighted by atomic mass is 10.1. The van der Waals surface area contributed by atoms with E-state index in [1.54, 1.807) is 11.3 Å². The van der Waals surface area contributed by atoms with Gasteiger partial charge >= 0.3 is 0 Å². The van der Waals surface area contributed by atoms with Gasteiger partial charge in [-0.1, -0.05) is 12.1 Å². The molecule has 0 atom stereocenters. The molecule has 0 saturated heterocycles. The highest BCUT2D eigenvalue weighted by Crippen LogP contribution is 2.30. The Balaban J connectivity index is 0.00000128. The maximum Gasteiger partial charge on any atom is 0.128 e. The minimum absolute atomic E-state index is 0. The van der Waals surface area contributed by atoms with Crippen molar-refractivity contribution in [1.82, 2.24) is 4.98 Å². The topological polar surface area (TPSA) is 22.1 Å². The van der Waals surface area contributed by atoms with Gasteiger partial charge in [-0.3, -0.25) is 0 Å². The van der Waals surface area contributed by atoms with Crippen molar-refractivity contribution in [2.45, 2.75) is 13.8 Å². The van der Waals surface area contributed by atoms with Crippen LogP contribution in [0.15, 0.2) is 29.6 Å². The molecule has 0 unspecified atom stereocenters. The highest BCUT2D eigenvalue weighted by atomic mass is 79.9. The van der Waals surface area contributed by atoms with Crippen LogP contribution in [-0.4, -0.2) is 11.6 Å². The fourth-order valence-corrected chi connectivity index (χ4v) is 2.06. The molecule has 86 valence electrons. The average Bonchev–Trinajstić information content (AvgIpc) is 2.66. The van der Waals surface area contributed by atoms with Crippen LogP contribution in [0, 0.1) is 6.92 Å². The third kappa shape index (κ3) is 2.83. The van der Waals surface area contributed by atoms with Gasteiger partial charge < -0.3 is 4.74 Å². The first-order valence-electron chi connectivity index (χ1n) is 4.95. The Morgan fingerprint density at radius 1 is 1.31 bits per heavy atom. The first kappa shape index (κ1) is 13.2. The van der Waals surface area contributed by atoms with E-state index in [1.807, 2.05) is 38.1 Å². The summed E-state index contributed by atoms with van der Waals surface area (Å²) in [6.45, 7) is 4.68. The zero-order valence-electron chi connectivity index (χ0n) is 9.27. The predicted molar refractivity (Wildman–Crippen MR) is 73.8 cm³/mol. The summed E-state index contributed by atoms with van der Waals surface area (Å²) in [7, 11) is 0. The van der Waals surface area contributed by atoms with E-state index in [0.717, 1.165) is 22.0 Å². The van der Waals surface area contributed by atoms with Gasteiger partial charge in [-0.05, 0) is 26.0 Å². The molecule has 1 aromatic carbocycles. The fourth-order valence-electron chi connectivity index (χ4n) is 1.45. The van der Waals surface area contributed by atoms with E-state index in [2.05, 4.69) is 10.4 Å². The Labute approximate surface area is 110 Å². The van der Waals surface area contributed by atoms with Gasteiger partial charge in [0.25, 0.3) is 0 Å². The third-order valence-corrected chi connectivity index (χ3v) is 2.86. The standard InChI is InChI=1S/C12H13NOS.BrH/c1-3-14-12-7-5-4-6-10(12)11-8-15-9(2)13-11;/h4-8H,3H2,1-2H3;1H. The smallest absolute Gasteiger partial charge is 0.128 e. The van der Waals surface area contributed by atoms with Gasteiger partial charge in [-0.2, -0.15) is 0 Å². The third-order valence-electron chi connectivity index (χ3n) is 2.08. The molecule has 0 radical (unpaired) electrons. The second-order valence-corrected chi connectivity index (χ2v) is 4.24. The van der Waals surface area contributed by atoms with Crippen LogP contribution in [0.1, 0.15) is 11.9 Å². The van der Waals surface area contributed by atoms with Gasteiger partial charge in [0.05, 0.1) is 17.3 Å². The van der Waals surface area contributed by atoms with Gasteiger partial charge in [-0.25, -0.2) is 4.98 Å². The maximum absolute atomic E-state index is 5.57. The highest BCUT2D eigenvalue weighted by molar-refractivity contribution is 8.93. The zero-order valence-corrected chi connectivity index (χ0v) is 11.8. The van der Waals surface area contributed by atoms with Gasteiger partial charge in [0.1, 0.15) is 5.75 Å². The summed E-state index contributed by atoms with van der Waals surface area (Å²) >= 11 is 1.66. The van der Waals surface area contributed by atoms with E-state index < -0.39 is 0 Å². The number of halogens is 1. The van der Waals surface area contributed by atoms with Crippen molar-refractivity contribution in [3.8, 4) is 17.0 Å². The quantitative estimate of drug-likeness (QED) is 0.851. The largest absolute Gasteiger partial charge is 0.493 e. The van der Waals surface area contributed by atoms with Crippen molar-refractivity contribution in [3.05, 3.63) is 34.7 Å². The van der Waals surface area contributed by atoms with E-state index in [-0.39, 0.29) is 17.0 Å². The number of benzene rings is 1. The second-order valence-electron chi connectivity index (χ2n) is 3.18. The van der Waals surface area contributed by atoms with E-state index in [4.69, 9.17) is 4.74 Å². The Kier molecular flexibility index (Phi) is 4.96. The number of ether oxygens (including phenoxy) is 1. The molecule has 0 aliphatic heterocycles. The Bertz CT molecular complexity index is 456. The predicted octanol–water partition coefficient (Wildman–Crippen LogP) is 4.10. The van der Waals surface area contributed by atoms with Gasteiger partial charge in [0, 0.05) is 10.9 Å². The normalized spacial score (nSPS) is 9.62. The van der Waals surface area contributed by atoms with Crippen molar-refractivity contribution >= 4 is 28.3 Å². The molecule has 0 aliphatic carbocycles. The number of hydrogen-bond acceptors (Lipinski definition) is 3. The average molecular weight is 300 g/mol. The lowest BCUT2D eigenvalue weighted by Gasteiger charge is -2.07. The molecule has 0 aliphatic rings. The van der Waals surface area contributed by atoms with Gasteiger partial charge in [0.15, 0.2) is 0 Å². The summed E-state index contributed by atoms with van der Waals surface area (Å²) in [5, 5.41) is 3.14. The molecular weight excluding hydrogens is 286 g/mol. The van der Waals surface area contributed by atoms with E-state index >= 15 is 0 Å². The molecule has 0 N–H and O–H groups in total. The van der Waals surface area contributed by atoms with Crippen LogP contribution in [0.25, 0.3) is 11.3 Å². The molecule has 16 heavy (non-hydrogen) atoms. The summed E-state index contributed by atoms with van der Waals surface area (Å²) in [6.07, 6.45) is 0. The molecule has 0 spiro atoms. The van der Waals surface area contributed by atoms with E-state index in [1.165, 1.54) is 0 Å². The second kappa shape index (κ2) is 6.01. The molecule has 0 amide bonds. The molecule has 1 heterocycles. The van der Waals surface area contributed by atoms with Crippen molar-refractivity contribution < 1.29 is 4.74 Å². The minimum atomic E-state index is 0. The molecule has 2 nitrogen and oxygen atoms in total. The number of nitrogens with zero attached hydrogens (tertiary/aromatic N) is 1. The molecule has 0 bridgehead atoms. The van der Waals surface area contributed by atoms with Crippen LogP contribution >= 0.6 is 28.3 Å². The SMILES string of the molecule is Br.CCOc1ccccc1-c1csc(C)n1. The number of thiazole rings is 1. The minimum Gasteiger partial charge on any atom is -0.493 e. The van der Waals surface area contributed by atoms with Crippen LogP contribution < -0.4 is 4.74 Å². The first-order valence-corrected chi connectivity index (χ1v) is 5.83. The summed E-state index contributed by atoms with van der Waals surface area (Å²) in [4.78, 5) is 4.46. The number of para-hydroxylation sites is 1. The summed E-state index contributed by atoms with van der Waals surface area (Å²) < 4.78 is 5.57. The number of aryl methyl sites for hydroxylation is 1. The van der Waals surface area contributed by atoms with E-state index in [0.29, 0.717) is 6.61 Å². The maximum atomic E-state index is 5.57. The fraction of sp³-hybridized carbons (Fsp3) is 0.250. The lowest BCUT2D eigenvalue weighted by Crippen LogP contribution is -1.93. The monoisotopic (exact) mass is 299 g/mol. The van der Waals surface area contributed by atoms with Crippen LogP contribution in [-0.2, 0) is 0 Å². The number of rotatable bonds is 3. The van der Waals surface area contributed by atoms with Crippen molar-refractivity contribution in [2.75, 3.05) is 6.61 Å². The Morgan fingerprint density at radius 3 is 2.69 bits per heavy atom. The van der Waals surface area contributed by atoms with Crippen LogP contribution in [0.5, 0.6) is 5.75 Å². The molecule has 4 heteroatoms. The molecule has 0 saturated carbocycles. The number of hydrogen-bond donors (Lipinski definition) is 0. The molecule has 1 aromatic heterocycles. The summed E-state index contributed by atoms with van der Waals surface area (Å²) in [5.74, 6) is 0.908. The van der Waals surface area contributed by atoms with Crippen LogP contribution in [0.4, 0.5) is 0 Å². The van der Waals surface area contributed by atoms with Crippen LogP contribution in [0.3, 0.4) is 0 Å². The zero-order chi connectivity index (χ0) is 10.7. The van der Waals surface area contributed by atoms with Gasteiger partial charge in [-0.15, -0.1) is 28.3 Å². The van der Waals surface area contributed by atoms with Crippen molar-refractivity contribution in [2.24, 2.45) is 0 Å². The van der Waals surface area contributed by atoms with Crippen molar-refractivity contribution in [3.63, 3.8) is 0 Å². The first-order chi connectivity index (χ1) is 7.31. The Hall–Kier alpha value is -0.870. The van der Waals surface area contributed by atoms with Gasteiger partial charge in [0.2, 0.25) is 0 Å². The molecular formula is C12H14BrNOS. The van der Waals surface area contributed by atoms with Crippen molar-refractivity contribution in [1.29, 1.82) is 0 Å². The number of aromatic nitrogens is 1. The molecule has 2 aromatic rings. The summed E-state index contributed by atoms with van der Waals surface area (Å²) in [5.41, 5.74) is 2.07. The molecule has 2 rings (SSSR count). The van der Waals surface area contributed by atoms with E-state index in [9.17, 15) is 0 Å². The highest BCUT2D eigenvalue weighted by Gasteiger charge is 2.07. The Morgan fingerprint density at radius 2 is 2.06 bits per heavy atom. The van der Waals surface area contributed by atoms with Crippen LogP contribution in [0.2, 0.25) is 0 Å².